The van der Waals surface area contributed by atoms with Crippen LogP contribution in [0, 0.1) is 0 Å². The molecule has 0 aliphatic carbocycles. The number of hydrogen-bond donors (Lipinski definition) is 1. The van der Waals surface area contributed by atoms with Crippen LogP contribution in [0.3, 0.4) is 0 Å². The number of ether oxygens (including phenoxy) is 2. The number of nitrogens with one attached hydrogen (secondary N) is 1. The van der Waals surface area contributed by atoms with Gasteiger partial charge < -0.3 is 14.8 Å². The molecule has 1 fully saturated rings. The Labute approximate surface area is 188 Å². The summed E-state index contributed by atoms with van der Waals surface area (Å²) in [4.78, 5) is 16.8. The molecule has 1 aliphatic rings. The summed E-state index contributed by atoms with van der Waals surface area (Å²) in [5.41, 5.74) is 2.16. The lowest BCUT2D eigenvalue weighted by molar-refractivity contribution is 0.0854. The minimum absolute atomic E-state index is 0.0990. The molecule has 2 heterocycles. The highest BCUT2D eigenvalue weighted by atomic mass is 35.5. The number of halogens is 2. The Morgan fingerprint density at radius 3 is 2.80 bits per heavy atom. The maximum Gasteiger partial charge on any atom is 0.270 e. The maximum atomic E-state index is 12.3. The predicted molar refractivity (Wildman–Crippen MR) is 120 cm³/mol. The van der Waals surface area contributed by atoms with Crippen molar-refractivity contribution in [2.24, 2.45) is 0 Å². The number of thiazole rings is 1. The zero-order valence-corrected chi connectivity index (χ0v) is 18.4. The monoisotopic (exact) mass is 462 g/mol. The summed E-state index contributed by atoms with van der Waals surface area (Å²) in [6.07, 6.45) is 2.12. The fourth-order valence-electron chi connectivity index (χ4n) is 3.11. The largest absolute Gasteiger partial charge is 0.489 e. The lowest BCUT2D eigenvalue weighted by Gasteiger charge is -2.09. The molecule has 3 aromatic rings. The predicted octanol–water partition coefficient (Wildman–Crippen LogP) is 5.60. The highest BCUT2D eigenvalue weighted by molar-refractivity contribution is 7.13. The molecule has 2 aromatic carbocycles. The van der Waals surface area contributed by atoms with Crippen LogP contribution in [0.1, 0.15) is 28.9 Å². The molecule has 5 nitrogen and oxygen atoms in total. The van der Waals surface area contributed by atoms with Crippen molar-refractivity contribution in [3.05, 3.63) is 69.1 Å². The van der Waals surface area contributed by atoms with Gasteiger partial charge in [0.1, 0.15) is 23.1 Å². The van der Waals surface area contributed by atoms with E-state index in [2.05, 4.69) is 10.3 Å². The number of hydrogen-bond acceptors (Lipinski definition) is 5. The normalized spacial score (nSPS) is 15.9. The summed E-state index contributed by atoms with van der Waals surface area (Å²) in [7, 11) is 0. The van der Waals surface area contributed by atoms with Crippen molar-refractivity contribution >= 4 is 40.4 Å². The second kappa shape index (κ2) is 9.79. The van der Waals surface area contributed by atoms with Crippen LogP contribution < -0.4 is 10.1 Å². The van der Waals surface area contributed by atoms with Crippen LogP contribution in [0.2, 0.25) is 10.0 Å². The number of nitrogens with zero attached hydrogens (tertiary/aromatic N) is 1. The summed E-state index contributed by atoms with van der Waals surface area (Å²) in [6, 6.07) is 12.9. The summed E-state index contributed by atoms with van der Waals surface area (Å²) in [6.45, 7) is 1.69. The number of carbonyl (C=O) groups is 1. The lowest BCUT2D eigenvalue weighted by Crippen LogP contribution is -2.31. The standard InChI is InChI=1S/C22H20Cl2N2O3S/c23-15-5-3-14(4-6-15)12-29-16-7-8-18(19(24)10-16)22-26-20(13-30-22)21(27)25-11-17-2-1-9-28-17/h3-8,10,13,17H,1-2,9,11-12H2,(H,25,27)/t17-/m0/s1. The first kappa shape index (κ1) is 21.1. The van der Waals surface area contributed by atoms with E-state index in [0.717, 1.165) is 30.6 Å². The van der Waals surface area contributed by atoms with Crippen LogP contribution in [0.25, 0.3) is 10.6 Å². The van der Waals surface area contributed by atoms with E-state index in [1.165, 1.54) is 11.3 Å². The summed E-state index contributed by atoms with van der Waals surface area (Å²) in [5, 5.41) is 6.52. The van der Waals surface area contributed by atoms with E-state index in [1.807, 2.05) is 36.4 Å². The Hall–Kier alpha value is -2.12. The summed E-state index contributed by atoms with van der Waals surface area (Å²) < 4.78 is 11.3. The van der Waals surface area contributed by atoms with Gasteiger partial charge in [-0.15, -0.1) is 11.3 Å². The molecule has 0 radical (unpaired) electrons. The van der Waals surface area contributed by atoms with Crippen LogP contribution in [-0.2, 0) is 11.3 Å². The van der Waals surface area contributed by atoms with Gasteiger partial charge in [-0.25, -0.2) is 4.98 Å². The molecule has 1 atom stereocenters. The zero-order valence-electron chi connectivity index (χ0n) is 16.1. The fourth-order valence-corrected chi connectivity index (χ4v) is 4.39. The number of carbonyl (C=O) groups excluding carboxylic acids is 1. The first-order valence-electron chi connectivity index (χ1n) is 9.61. The Kier molecular flexibility index (Phi) is 6.89. The number of benzene rings is 2. The van der Waals surface area contributed by atoms with Crippen LogP contribution in [0.4, 0.5) is 0 Å². The van der Waals surface area contributed by atoms with E-state index in [1.54, 1.807) is 11.4 Å². The second-order valence-corrected chi connectivity index (χ2v) is 8.64. The van der Waals surface area contributed by atoms with E-state index >= 15 is 0 Å². The third-order valence-corrected chi connectivity index (χ3v) is 6.18. The molecule has 0 spiro atoms. The van der Waals surface area contributed by atoms with Gasteiger partial charge >= 0.3 is 0 Å². The minimum atomic E-state index is -0.202. The van der Waals surface area contributed by atoms with Crippen molar-refractivity contribution in [2.75, 3.05) is 13.2 Å². The smallest absolute Gasteiger partial charge is 0.270 e. The van der Waals surface area contributed by atoms with Gasteiger partial charge in [0.25, 0.3) is 5.91 Å². The Morgan fingerprint density at radius 2 is 2.07 bits per heavy atom. The zero-order chi connectivity index (χ0) is 20.9. The van der Waals surface area contributed by atoms with Crippen molar-refractivity contribution in [1.82, 2.24) is 10.3 Å². The molecule has 1 aliphatic heterocycles. The molecular formula is C22H20Cl2N2O3S. The molecule has 156 valence electrons. The third-order valence-electron chi connectivity index (χ3n) is 4.74. The van der Waals surface area contributed by atoms with E-state index in [-0.39, 0.29) is 12.0 Å². The first-order valence-corrected chi connectivity index (χ1v) is 11.2. The second-order valence-electron chi connectivity index (χ2n) is 6.94. The van der Waals surface area contributed by atoms with Gasteiger partial charge in [-0.05, 0) is 48.7 Å². The fraction of sp³-hybridized carbons (Fsp3) is 0.273. The molecule has 8 heteroatoms. The molecule has 1 amide bonds. The lowest BCUT2D eigenvalue weighted by atomic mass is 10.2. The first-order chi connectivity index (χ1) is 14.6. The minimum Gasteiger partial charge on any atom is -0.489 e. The summed E-state index contributed by atoms with van der Waals surface area (Å²) in [5.74, 6) is 0.455. The van der Waals surface area contributed by atoms with Crippen molar-refractivity contribution < 1.29 is 14.3 Å². The maximum absolute atomic E-state index is 12.3. The van der Waals surface area contributed by atoms with Gasteiger partial charge in [0.15, 0.2) is 0 Å². The van der Waals surface area contributed by atoms with Gasteiger partial charge in [0, 0.05) is 29.1 Å². The molecule has 0 bridgehead atoms. The Bertz CT molecular complexity index is 1020. The number of amides is 1. The van der Waals surface area contributed by atoms with E-state index in [0.29, 0.717) is 39.6 Å². The van der Waals surface area contributed by atoms with E-state index < -0.39 is 0 Å². The quantitative estimate of drug-likeness (QED) is 0.495. The average Bonchev–Trinajstić information content (AvgIpc) is 3.44. The third kappa shape index (κ3) is 5.32. The average molecular weight is 463 g/mol. The van der Waals surface area contributed by atoms with Crippen molar-refractivity contribution in [2.45, 2.75) is 25.6 Å². The van der Waals surface area contributed by atoms with Gasteiger partial charge in [0.05, 0.1) is 11.1 Å². The van der Waals surface area contributed by atoms with Gasteiger partial charge in [0.2, 0.25) is 0 Å². The molecule has 1 saturated heterocycles. The van der Waals surface area contributed by atoms with E-state index in [9.17, 15) is 4.79 Å². The highest BCUT2D eigenvalue weighted by Crippen LogP contribution is 2.33. The van der Waals surface area contributed by atoms with Gasteiger partial charge in [-0.1, -0.05) is 35.3 Å². The Balaban J connectivity index is 1.38. The summed E-state index contributed by atoms with van der Waals surface area (Å²) >= 11 is 13.7. The van der Waals surface area contributed by atoms with Crippen molar-refractivity contribution in [3.63, 3.8) is 0 Å². The molecule has 1 N–H and O–H groups in total. The number of rotatable bonds is 7. The molecule has 1 aromatic heterocycles. The molecular weight excluding hydrogens is 443 g/mol. The van der Waals surface area contributed by atoms with Crippen LogP contribution in [0.5, 0.6) is 5.75 Å². The van der Waals surface area contributed by atoms with E-state index in [4.69, 9.17) is 32.7 Å². The SMILES string of the molecule is O=C(NC[C@@H]1CCCO1)c1csc(-c2ccc(OCc3ccc(Cl)cc3)cc2Cl)n1. The van der Waals surface area contributed by atoms with Crippen molar-refractivity contribution in [1.29, 1.82) is 0 Å². The van der Waals surface area contributed by atoms with Crippen molar-refractivity contribution in [3.8, 4) is 16.3 Å². The molecule has 4 rings (SSSR count). The molecule has 0 unspecified atom stereocenters. The molecule has 30 heavy (non-hydrogen) atoms. The highest BCUT2D eigenvalue weighted by Gasteiger charge is 2.18. The van der Waals surface area contributed by atoms with Gasteiger partial charge in [-0.3, -0.25) is 4.79 Å². The number of aromatic nitrogens is 1. The Morgan fingerprint density at radius 1 is 1.23 bits per heavy atom. The van der Waals surface area contributed by atoms with Crippen LogP contribution in [0.15, 0.2) is 47.8 Å². The van der Waals surface area contributed by atoms with Gasteiger partial charge in [-0.2, -0.15) is 0 Å². The van der Waals surface area contributed by atoms with Crippen LogP contribution in [-0.4, -0.2) is 30.1 Å². The topological polar surface area (TPSA) is 60.5 Å². The molecule has 0 saturated carbocycles. The van der Waals surface area contributed by atoms with Crippen LogP contribution >= 0.6 is 34.5 Å².